The van der Waals surface area contributed by atoms with Crippen LogP contribution in [0.15, 0.2) is 6.08 Å². The molecule has 0 aromatic carbocycles. The second-order valence-corrected chi connectivity index (χ2v) is 4.96. The van der Waals surface area contributed by atoms with Gasteiger partial charge in [0.25, 0.3) is 0 Å². The Morgan fingerprint density at radius 2 is 2.06 bits per heavy atom. The Morgan fingerprint density at radius 3 is 2.53 bits per heavy atom. The highest BCUT2D eigenvalue weighted by Gasteiger charge is 2.14. The number of rotatable bonds is 6. The van der Waals surface area contributed by atoms with Crippen molar-refractivity contribution in [3.8, 4) is 0 Å². The van der Waals surface area contributed by atoms with E-state index in [-0.39, 0.29) is 0 Å². The van der Waals surface area contributed by atoms with Crippen LogP contribution in [0.2, 0.25) is 0 Å². The van der Waals surface area contributed by atoms with Gasteiger partial charge in [-0.05, 0) is 25.3 Å². The first-order valence-electron chi connectivity index (χ1n) is 6.02. The van der Waals surface area contributed by atoms with Gasteiger partial charge < -0.3 is 5.11 Å². The van der Waals surface area contributed by atoms with Gasteiger partial charge in [-0.15, -0.1) is 11.3 Å². The fourth-order valence-corrected chi connectivity index (χ4v) is 3.05. The first-order valence-corrected chi connectivity index (χ1v) is 6.84. The van der Waals surface area contributed by atoms with E-state index in [1.165, 1.54) is 6.08 Å². The van der Waals surface area contributed by atoms with Crippen molar-refractivity contribution in [3.05, 3.63) is 21.7 Å². The molecule has 0 amide bonds. The van der Waals surface area contributed by atoms with E-state index in [4.69, 9.17) is 5.11 Å². The first kappa shape index (κ1) is 13.9. The number of carbonyl (C=O) groups is 1. The van der Waals surface area contributed by atoms with Gasteiger partial charge in [-0.2, -0.15) is 0 Å². The Labute approximate surface area is 106 Å². The van der Waals surface area contributed by atoms with Gasteiger partial charge in [-0.3, -0.25) is 0 Å². The second-order valence-electron chi connectivity index (χ2n) is 3.90. The zero-order valence-electron chi connectivity index (χ0n) is 10.6. The summed E-state index contributed by atoms with van der Waals surface area (Å²) in [6, 6.07) is 0. The quantitative estimate of drug-likeness (QED) is 0.786. The van der Waals surface area contributed by atoms with Crippen LogP contribution in [0.3, 0.4) is 0 Å². The van der Waals surface area contributed by atoms with E-state index < -0.39 is 5.97 Å². The van der Waals surface area contributed by atoms with Crippen LogP contribution in [0.1, 0.15) is 55.1 Å². The van der Waals surface area contributed by atoms with E-state index in [2.05, 4.69) is 18.8 Å². The van der Waals surface area contributed by atoms with Gasteiger partial charge in [0.1, 0.15) is 0 Å². The molecular weight excluding hydrogens is 234 g/mol. The summed E-state index contributed by atoms with van der Waals surface area (Å²) in [5.74, 6) is -0.415. The molecule has 0 bridgehead atoms. The highest BCUT2D eigenvalue weighted by atomic mass is 32.1. The fraction of sp³-hybridized carbons (Fsp3) is 0.538. The molecule has 1 rings (SSSR count). The molecule has 94 valence electrons. The molecule has 0 aliphatic rings. The number of nitrogens with zero attached hydrogens (tertiary/aromatic N) is 1. The number of aryl methyl sites for hydroxylation is 1. The molecule has 1 aromatic rings. The van der Waals surface area contributed by atoms with Crippen LogP contribution in [0, 0.1) is 0 Å². The molecule has 0 spiro atoms. The number of hydrogen-bond donors (Lipinski definition) is 1. The number of aliphatic carboxylic acids is 1. The summed E-state index contributed by atoms with van der Waals surface area (Å²) in [6.45, 7) is 6.37. The lowest BCUT2D eigenvalue weighted by molar-refractivity contribution is -0.131. The third-order valence-corrected chi connectivity index (χ3v) is 4.02. The van der Waals surface area contributed by atoms with Gasteiger partial charge in [0.15, 0.2) is 0 Å². The van der Waals surface area contributed by atoms with Crippen LogP contribution < -0.4 is 0 Å². The number of carboxylic acids is 1. The van der Waals surface area contributed by atoms with Crippen molar-refractivity contribution in [2.24, 2.45) is 0 Å². The summed E-state index contributed by atoms with van der Waals surface area (Å²) in [5.41, 5.74) is 1.01. The molecule has 1 heterocycles. The fourth-order valence-electron chi connectivity index (χ4n) is 1.73. The van der Waals surface area contributed by atoms with E-state index in [0.717, 1.165) is 34.8 Å². The molecule has 3 nitrogen and oxygen atoms in total. The molecule has 0 radical (unpaired) electrons. The Balaban J connectivity index is 3.01. The second kappa shape index (κ2) is 6.55. The summed E-state index contributed by atoms with van der Waals surface area (Å²) in [6.07, 6.45) is 5.84. The average Bonchev–Trinajstić information content (AvgIpc) is 2.71. The zero-order chi connectivity index (χ0) is 12.8. The highest BCUT2D eigenvalue weighted by Crippen LogP contribution is 2.30. The molecule has 0 fully saturated rings. The van der Waals surface area contributed by atoms with E-state index in [1.807, 2.05) is 6.92 Å². The molecule has 1 N–H and O–H groups in total. The normalized spacial score (nSPS) is 11.5. The van der Waals surface area contributed by atoms with Crippen molar-refractivity contribution in [2.75, 3.05) is 0 Å². The number of aromatic nitrogens is 1. The average molecular weight is 253 g/mol. The van der Waals surface area contributed by atoms with Crippen molar-refractivity contribution >= 4 is 23.4 Å². The van der Waals surface area contributed by atoms with Crippen LogP contribution in [0.25, 0.3) is 6.08 Å². The van der Waals surface area contributed by atoms with Gasteiger partial charge >= 0.3 is 5.97 Å². The monoisotopic (exact) mass is 253 g/mol. The summed E-state index contributed by atoms with van der Waals surface area (Å²) < 4.78 is 0. The van der Waals surface area contributed by atoms with Crippen molar-refractivity contribution in [2.45, 2.75) is 46.0 Å². The van der Waals surface area contributed by atoms with E-state index in [0.29, 0.717) is 5.92 Å². The molecule has 1 aromatic heterocycles. The highest BCUT2D eigenvalue weighted by molar-refractivity contribution is 7.12. The van der Waals surface area contributed by atoms with Gasteiger partial charge in [0.2, 0.25) is 0 Å². The predicted molar refractivity (Wildman–Crippen MR) is 71.5 cm³/mol. The largest absolute Gasteiger partial charge is 0.478 e. The van der Waals surface area contributed by atoms with Crippen molar-refractivity contribution in [1.29, 1.82) is 0 Å². The van der Waals surface area contributed by atoms with Crippen molar-refractivity contribution < 1.29 is 9.90 Å². The molecular formula is C13H19NO2S. The van der Waals surface area contributed by atoms with E-state index in [1.54, 1.807) is 17.4 Å². The number of thiazole rings is 1. The standard InChI is InChI=1S/C13H19NO2S/c1-4-9(5-2)13-14-10(6-3)11(17-13)7-8-12(15)16/h7-9H,4-6H2,1-3H3,(H,15,16)/b8-7+. The predicted octanol–water partition coefficient (Wildman–Crippen LogP) is 3.71. The molecule has 0 saturated heterocycles. The zero-order valence-corrected chi connectivity index (χ0v) is 11.4. The Hall–Kier alpha value is -1.16. The smallest absolute Gasteiger partial charge is 0.328 e. The van der Waals surface area contributed by atoms with Gasteiger partial charge in [0, 0.05) is 12.0 Å². The first-order chi connectivity index (χ1) is 8.12. The minimum atomic E-state index is -0.912. The topological polar surface area (TPSA) is 50.2 Å². The van der Waals surface area contributed by atoms with Crippen molar-refractivity contribution in [1.82, 2.24) is 4.98 Å². The minimum absolute atomic E-state index is 0.497. The lowest BCUT2D eigenvalue weighted by Gasteiger charge is -2.06. The minimum Gasteiger partial charge on any atom is -0.478 e. The molecule has 0 saturated carbocycles. The summed E-state index contributed by atoms with van der Waals surface area (Å²) >= 11 is 1.62. The van der Waals surface area contributed by atoms with Crippen LogP contribution in [0.4, 0.5) is 0 Å². The maximum absolute atomic E-state index is 10.5. The van der Waals surface area contributed by atoms with E-state index in [9.17, 15) is 4.79 Å². The number of hydrogen-bond acceptors (Lipinski definition) is 3. The third kappa shape index (κ3) is 3.66. The maximum Gasteiger partial charge on any atom is 0.328 e. The van der Waals surface area contributed by atoms with Gasteiger partial charge in [-0.25, -0.2) is 9.78 Å². The van der Waals surface area contributed by atoms with Gasteiger partial charge in [0.05, 0.1) is 15.6 Å². The van der Waals surface area contributed by atoms with Gasteiger partial charge in [-0.1, -0.05) is 20.8 Å². The lowest BCUT2D eigenvalue weighted by atomic mass is 10.1. The SMILES string of the molecule is CCc1nc(C(CC)CC)sc1/C=C/C(=O)O. The molecule has 0 aliphatic heterocycles. The lowest BCUT2D eigenvalue weighted by Crippen LogP contribution is -1.94. The Morgan fingerprint density at radius 1 is 1.41 bits per heavy atom. The molecule has 0 aliphatic carbocycles. The van der Waals surface area contributed by atoms with E-state index >= 15 is 0 Å². The molecule has 0 atom stereocenters. The van der Waals surface area contributed by atoms with Crippen LogP contribution in [-0.2, 0) is 11.2 Å². The molecule has 0 unspecified atom stereocenters. The number of carboxylic acid groups (broad SMARTS) is 1. The summed E-state index contributed by atoms with van der Waals surface area (Å²) in [7, 11) is 0. The molecule has 17 heavy (non-hydrogen) atoms. The summed E-state index contributed by atoms with van der Waals surface area (Å²) in [5, 5.41) is 9.78. The van der Waals surface area contributed by atoms with Crippen LogP contribution in [0.5, 0.6) is 0 Å². The van der Waals surface area contributed by atoms with Crippen LogP contribution >= 0.6 is 11.3 Å². The Kier molecular flexibility index (Phi) is 5.35. The van der Waals surface area contributed by atoms with Crippen LogP contribution in [-0.4, -0.2) is 16.1 Å². The van der Waals surface area contributed by atoms with Crippen molar-refractivity contribution in [3.63, 3.8) is 0 Å². The third-order valence-electron chi connectivity index (χ3n) is 2.79. The Bertz CT molecular complexity index is 406. The maximum atomic E-state index is 10.5. The summed E-state index contributed by atoms with van der Waals surface area (Å²) in [4.78, 5) is 16.1. The molecule has 4 heteroatoms.